The Kier molecular flexibility index (Phi) is 4.75. The van der Waals surface area contributed by atoms with Gasteiger partial charge in [0.25, 0.3) is 0 Å². The number of anilines is 1. The van der Waals surface area contributed by atoms with E-state index >= 15 is 0 Å². The van der Waals surface area contributed by atoms with E-state index in [-0.39, 0.29) is 23.8 Å². The number of rotatable bonds is 5. The van der Waals surface area contributed by atoms with Gasteiger partial charge in [-0.2, -0.15) is 0 Å². The highest BCUT2D eigenvalue weighted by Crippen LogP contribution is 2.25. The Morgan fingerprint density at radius 3 is 3.17 bits per heavy atom. The number of aryl methyl sites for hydroxylation is 1. The van der Waals surface area contributed by atoms with Gasteiger partial charge in [0.15, 0.2) is 0 Å². The van der Waals surface area contributed by atoms with Crippen LogP contribution in [0.5, 0.6) is 0 Å². The van der Waals surface area contributed by atoms with Gasteiger partial charge in [-0.3, -0.25) is 14.9 Å². The van der Waals surface area contributed by atoms with Crippen molar-refractivity contribution in [2.24, 2.45) is 0 Å². The standard InChI is InChI=1S/C16H18N4O3S/c1-11-8-13(20(22)23)16(18-9-11)17-5-2-15(21)19-6-3-14-12(10-19)4-7-24-14/h4,7-9H,2-3,5-6,10H2,1H3,(H,17,18). The Labute approximate surface area is 143 Å². The lowest BCUT2D eigenvalue weighted by molar-refractivity contribution is -0.384. The number of thiophene rings is 1. The minimum atomic E-state index is -0.465. The van der Waals surface area contributed by atoms with E-state index in [9.17, 15) is 14.9 Å². The van der Waals surface area contributed by atoms with Crippen molar-refractivity contribution < 1.29 is 9.72 Å². The van der Waals surface area contributed by atoms with Gasteiger partial charge in [0, 0.05) is 43.2 Å². The van der Waals surface area contributed by atoms with Crippen molar-refractivity contribution in [2.45, 2.75) is 26.3 Å². The highest BCUT2D eigenvalue weighted by molar-refractivity contribution is 7.10. The van der Waals surface area contributed by atoms with Gasteiger partial charge in [0.2, 0.25) is 11.7 Å². The zero-order valence-corrected chi connectivity index (χ0v) is 14.1. The van der Waals surface area contributed by atoms with E-state index in [0.29, 0.717) is 13.1 Å². The van der Waals surface area contributed by atoms with Crippen LogP contribution in [0.15, 0.2) is 23.7 Å². The third kappa shape index (κ3) is 3.53. The van der Waals surface area contributed by atoms with Gasteiger partial charge in [-0.25, -0.2) is 4.98 Å². The summed E-state index contributed by atoms with van der Waals surface area (Å²) < 4.78 is 0. The highest BCUT2D eigenvalue weighted by atomic mass is 32.1. The van der Waals surface area contributed by atoms with Gasteiger partial charge >= 0.3 is 5.69 Å². The molecule has 0 atom stereocenters. The molecule has 0 aliphatic carbocycles. The number of aromatic nitrogens is 1. The SMILES string of the molecule is Cc1cnc(NCCC(=O)N2CCc3sccc3C2)c([N+](=O)[O-])c1. The second-order valence-electron chi connectivity index (χ2n) is 5.75. The molecule has 8 heteroatoms. The van der Waals surface area contributed by atoms with Gasteiger partial charge in [-0.05, 0) is 35.9 Å². The fraction of sp³-hybridized carbons (Fsp3) is 0.375. The molecule has 2 aromatic rings. The van der Waals surface area contributed by atoms with Crippen LogP contribution in [0.3, 0.4) is 0 Å². The average molecular weight is 346 g/mol. The molecule has 0 aromatic carbocycles. The Morgan fingerprint density at radius 2 is 2.38 bits per heavy atom. The van der Waals surface area contributed by atoms with E-state index in [1.165, 1.54) is 16.5 Å². The Hall–Kier alpha value is -2.48. The second kappa shape index (κ2) is 6.96. The minimum absolute atomic E-state index is 0.0501. The number of nitrogens with zero attached hydrogens (tertiary/aromatic N) is 3. The van der Waals surface area contributed by atoms with E-state index in [0.717, 1.165) is 18.5 Å². The minimum Gasteiger partial charge on any atom is -0.364 e. The number of nitrogens with one attached hydrogen (secondary N) is 1. The van der Waals surface area contributed by atoms with Crippen LogP contribution in [-0.2, 0) is 17.8 Å². The first-order valence-corrected chi connectivity index (χ1v) is 8.60. The molecule has 1 aliphatic rings. The maximum atomic E-state index is 12.3. The van der Waals surface area contributed by atoms with E-state index in [1.807, 2.05) is 4.90 Å². The summed E-state index contributed by atoms with van der Waals surface area (Å²) in [6.45, 7) is 3.46. The normalized spacial score (nSPS) is 13.5. The van der Waals surface area contributed by atoms with Crippen LogP contribution in [0.2, 0.25) is 0 Å². The van der Waals surface area contributed by atoms with Crippen LogP contribution in [0.25, 0.3) is 0 Å². The Balaban J connectivity index is 1.55. The molecule has 24 heavy (non-hydrogen) atoms. The molecule has 126 valence electrons. The zero-order chi connectivity index (χ0) is 17.1. The van der Waals surface area contributed by atoms with E-state index in [2.05, 4.69) is 21.7 Å². The summed E-state index contributed by atoms with van der Waals surface area (Å²) in [5.74, 6) is 0.256. The molecule has 0 unspecified atom stereocenters. The molecule has 3 rings (SSSR count). The molecule has 1 N–H and O–H groups in total. The topological polar surface area (TPSA) is 88.4 Å². The van der Waals surface area contributed by atoms with Crippen LogP contribution in [0.4, 0.5) is 11.5 Å². The molecular weight excluding hydrogens is 328 g/mol. The van der Waals surface area contributed by atoms with Crippen LogP contribution < -0.4 is 5.32 Å². The lowest BCUT2D eigenvalue weighted by Gasteiger charge is -2.27. The van der Waals surface area contributed by atoms with E-state index < -0.39 is 4.92 Å². The third-order valence-corrected chi connectivity index (χ3v) is 5.02. The van der Waals surface area contributed by atoms with Gasteiger partial charge < -0.3 is 10.2 Å². The van der Waals surface area contributed by atoms with Gasteiger partial charge in [0.1, 0.15) is 0 Å². The van der Waals surface area contributed by atoms with E-state index in [4.69, 9.17) is 0 Å². The van der Waals surface area contributed by atoms with Crippen molar-refractivity contribution in [1.82, 2.24) is 9.88 Å². The van der Waals surface area contributed by atoms with Crippen molar-refractivity contribution in [3.63, 3.8) is 0 Å². The summed E-state index contributed by atoms with van der Waals surface area (Å²) in [7, 11) is 0. The molecule has 0 bridgehead atoms. The summed E-state index contributed by atoms with van der Waals surface area (Å²) >= 11 is 1.74. The van der Waals surface area contributed by atoms with Crippen molar-refractivity contribution in [3.05, 3.63) is 49.8 Å². The monoisotopic (exact) mass is 346 g/mol. The molecule has 0 radical (unpaired) electrons. The lowest BCUT2D eigenvalue weighted by Crippen LogP contribution is -2.36. The molecular formula is C16H18N4O3S. The quantitative estimate of drug-likeness (QED) is 0.664. The summed E-state index contributed by atoms with van der Waals surface area (Å²) in [5.41, 5.74) is 1.88. The molecule has 1 amide bonds. The van der Waals surface area contributed by atoms with Crippen LogP contribution >= 0.6 is 11.3 Å². The summed E-state index contributed by atoms with van der Waals surface area (Å²) in [4.78, 5) is 30.2. The average Bonchev–Trinajstić information content (AvgIpc) is 3.03. The maximum Gasteiger partial charge on any atom is 0.311 e. The number of carbonyl (C=O) groups is 1. The van der Waals surface area contributed by atoms with Gasteiger partial charge in [0.05, 0.1) is 4.92 Å². The zero-order valence-electron chi connectivity index (χ0n) is 13.3. The van der Waals surface area contributed by atoms with Crippen LogP contribution in [0.1, 0.15) is 22.4 Å². The van der Waals surface area contributed by atoms with Crippen molar-refractivity contribution >= 4 is 28.7 Å². The number of pyridine rings is 1. The number of fused-ring (bicyclic) bond motifs is 1. The van der Waals surface area contributed by atoms with Gasteiger partial charge in [-0.15, -0.1) is 11.3 Å². The van der Waals surface area contributed by atoms with E-state index in [1.54, 1.807) is 24.5 Å². The number of hydrogen-bond acceptors (Lipinski definition) is 6. The van der Waals surface area contributed by atoms with Crippen molar-refractivity contribution in [1.29, 1.82) is 0 Å². The fourth-order valence-corrected chi connectivity index (χ4v) is 3.63. The summed E-state index contributed by atoms with van der Waals surface area (Å²) in [6, 6.07) is 3.54. The molecule has 0 saturated carbocycles. The smallest absolute Gasteiger partial charge is 0.311 e. The number of nitro groups is 1. The second-order valence-corrected chi connectivity index (χ2v) is 6.75. The molecule has 2 aromatic heterocycles. The Bertz CT molecular complexity index is 774. The number of amides is 1. The van der Waals surface area contributed by atoms with Crippen molar-refractivity contribution in [3.8, 4) is 0 Å². The van der Waals surface area contributed by atoms with Gasteiger partial charge in [-0.1, -0.05) is 0 Å². The molecule has 0 spiro atoms. The largest absolute Gasteiger partial charge is 0.364 e. The first kappa shape index (κ1) is 16.4. The van der Waals surface area contributed by atoms with Crippen molar-refractivity contribution in [2.75, 3.05) is 18.4 Å². The third-order valence-electron chi connectivity index (χ3n) is 3.99. The van der Waals surface area contributed by atoms with Crippen LogP contribution in [0, 0.1) is 17.0 Å². The predicted molar refractivity (Wildman–Crippen MR) is 92.2 cm³/mol. The molecule has 0 fully saturated rings. The predicted octanol–water partition coefficient (Wildman–Crippen LogP) is 2.75. The number of carbonyl (C=O) groups excluding carboxylic acids is 1. The molecule has 0 saturated heterocycles. The Morgan fingerprint density at radius 1 is 1.54 bits per heavy atom. The maximum absolute atomic E-state index is 12.3. The highest BCUT2D eigenvalue weighted by Gasteiger charge is 2.21. The summed E-state index contributed by atoms with van der Waals surface area (Å²) in [6.07, 6.45) is 2.75. The fourth-order valence-electron chi connectivity index (χ4n) is 2.74. The first-order chi connectivity index (χ1) is 11.5. The lowest BCUT2D eigenvalue weighted by atomic mass is 10.1. The van der Waals surface area contributed by atoms with Crippen LogP contribution in [-0.4, -0.2) is 33.8 Å². The molecule has 7 nitrogen and oxygen atoms in total. The molecule has 3 heterocycles. The first-order valence-electron chi connectivity index (χ1n) is 7.72. The number of hydrogen-bond donors (Lipinski definition) is 1. The summed E-state index contributed by atoms with van der Waals surface area (Å²) in [5, 5.41) is 16.0. The molecule has 1 aliphatic heterocycles.